The Hall–Kier alpha value is -1.56. The maximum Gasteiger partial charge on any atom is 0.229 e. The Morgan fingerprint density at radius 1 is 1.44 bits per heavy atom. The van der Waals surface area contributed by atoms with Gasteiger partial charge in [0.1, 0.15) is 0 Å². The lowest BCUT2D eigenvalue weighted by atomic mass is 9.95. The molecular formula is C12H16BrN3O2. The molecule has 0 atom stereocenters. The topological polar surface area (TPSA) is 87.7 Å². The second-order valence-electron chi connectivity index (χ2n) is 4.88. The van der Waals surface area contributed by atoms with Crippen LogP contribution in [0.25, 0.3) is 0 Å². The molecule has 0 spiro atoms. The smallest absolute Gasteiger partial charge is 0.229 e. The molecule has 5 nitrogen and oxygen atoms in total. The van der Waals surface area contributed by atoms with Crippen molar-refractivity contribution in [3.8, 4) is 0 Å². The van der Waals surface area contributed by atoms with Crippen LogP contribution in [0.4, 0.5) is 5.69 Å². The third kappa shape index (κ3) is 3.46. The van der Waals surface area contributed by atoms with Crippen LogP contribution in [0.1, 0.15) is 26.3 Å². The summed E-state index contributed by atoms with van der Waals surface area (Å²) in [7, 11) is 0. The first-order valence-electron chi connectivity index (χ1n) is 5.34. The third-order valence-corrected chi connectivity index (χ3v) is 2.79. The largest absolute Gasteiger partial charge is 0.409 e. The lowest BCUT2D eigenvalue weighted by molar-refractivity contribution is -0.123. The molecule has 0 aliphatic carbocycles. The lowest BCUT2D eigenvalue weighted by Gasteiger charge is -2.19. The molecule has 0 radical (unpaired) electrons. The first kappa shape index (κ1) is 14.5. The third-order valence-electron chi connectivity index (χ3n) is 2.29. The number of nitrogens with two attached hydrogens (primary N) is 1. The van der Waals surface area contributed by atoms with E-state index in [0.717, 1.165) is 4.47 Å². The summed E-state index contributed by atoms with van der Waals surface area (Å²) in [6, 6.07) is 5.14. The molecule has 18 heavy (non-hydrogen) atoms. The number of oxime groups is 1. The van der Waals surface area contributed by atoms with Crippen molar-refractivity contribution in [2.24, 2.45) is 16.3 Å². The summed E-state index contributed by atoms with van der Waals surface area (Å²) < 4.78 is 0.776. The van der Waals surface area contributed by atoms with E-state index in [1.807, 2.05) is 20.8 Å². The number of rotatable bonds is 2. The summed E-state index contributed by atoms with van der Waals surface area (Å²) in [5.74, 6) is -0.197. The van der Waals surface area contributed by atoms with Crippen LogP contribution < -0.4 is 11.1 Å². The molecule has 0 unspecified atom stereocenters. The zero-order chi connectivity index (χ0) is 13.9. The molecule has 1 aromatic carbocycles. The Bertz CT molecular complexity index is 493. The van der Waals surface area contributed by atoms with Crippen LogP contribution in [0.5, 0.6) is 0 Å². The van der Waals surface area contributed by atoms with Crippen molar-refractivity contribution in [1.82, 2.24) is 0 Å². The summed E-state index contributed by atoms with van der Waals surface area (Å²) >= 11 is 3.29. The predicted octanol–water partition coefficient (Wildman–Crippen LogP) is 2.53. The number of nitrogens with one attached hydrogen (secondary N) is 1. The molecule has 6 heteroatoms. The summed E-state index contributed by atoms with van der Waals surface area (Å²) in [5, 5.41) is 14.4. The molecule has 0 aliphatic rings. The van der Waals surface area contributed by atoms with Gasteiger partial charge < -0.3 is 16.3 Å². The molecule has 0 aliphatic heterocycles. The summed E-state index contributed by atoms with van der Waals surface area (Å²) in [4.78, 5) is 11.9. The van der Waals surface area contributed by atoms with E-state index < -0.39 is 5.41 Å². The van der Waals surface area contributed by atoms with Gasteiger partial charge in [-0.3, -0.25) is 4.79 Å². The van der Waals surface area contributed by atoms with Gasteiger partial charge >= 0.3 is 0 Å². The van der Waals surface area contributed by atoms with Crippen molar-refractivity contribution >= 4 is 33.4 Å². The molecule has 98 valence electrons. The van der Waals surface area contributed by atoms with Crippen LogP contribution in [0.3, 0.4) is 0 Å². The van der Waals surface area contributed by atoms with Crippen molar-refractivity contribution in [2.45, 2.75) is 20.8 Å². The number of nitrogens with zero attached hydrogens (tertiary/aromatic N) is 1. The number of carbonyl (C=O) groups excluding carboxylic acids is 1. The van der Waals surface area contributed by atoms with Crippen molar-refractivity contribution in [1.29, 1.82) is 0 Å². The molecule has 1 rings (SSSR count). The minimum Gasteiger partial charge on any atom is -0.409 e. The highest BCUT2D eigenvalue weighted by atomic mass is 79.9. The first-order chi connectivity index (χ1) is 8.25. The fraction of sp³-hybridized carbons (Fsp3) is 0.333. The van der Waals surface area contributed by atoms with Crippen LogP contribution in [0.2, 0.25) is 0 Å². The Balaban J connectivity index is 3.14. The maximum absolute atomic E-state index is 11.9. The lowest BCUT2D eigenvalue weighted by Crippen LogP contribution is -2.29. The van der Waals surface area contributed by atoms with Crippen LogP contribution in [0, 0.1) is 5.41 Å². The normalized spacial score (nSPS) is 12.3. The number of amidine groups is 1. The highest BCUT2D eigenvalue weighted by Crippen LogP contribution is 2.23. The maximum atomic E-state index is 11.9. The van der Waals surface area contributed by atoms with Crippen LogP contribution in [-0.2, 0) is 4.79 Å². The van der Waals surface area contributed by atoms with E-state index in [1.165, 1.54) is 0 Å². The van der Waals surface area contributed by atoms with E-state index in [0.29, 0.717) is 11.3 Å². The van der Waals surface area contributed by atoms with Gasteiger partial charge in [0.25, 0.3) is 0 Å². The number of benzene rings is 1. The van der Waals surface area contributed by atoms with Crippen molar-refractivity contribution in [3.05, 3.63) is 28.2 Å². The molecule has 1 aromatic rings. The molecule has 0 aromatic heterocycles. The van der Waals surface area contributed by atoms with Gasteiger partial charge in [0.15, 0.2) is 5.84 Å². The molecule has 0 saturated carbocycles. The average Bonchev–Trinajstić information content (AvgIpc) is 2.29. The van der Waals surface area contributed by atoms with Gasteiger partial charge in [0.2, 0.25) is 5.91 Å². The number of halogens is 1. The van der Waals surface area contributed by atoms with Gasteiger partial charge in [-0.25, -0.2) is 0 Å². The van der Waals surface area contributed by atoms with E-state index in [1.54, 1.807) is 18.2 Å². The molecule has 0 fully saturated rings. The van der Waals surface area contributed by atoms with E-state index in [9.17, 15) is 4.79 Å². The quantitative estimate of drug-likeness (QED) is 0.339. The van der Waals surface area contributed by atoms with E-state index >= 15 is 0 Å². The van der Waals surface area contributed by atoms with Crippen LogP contribution >= 0.6 is 15.9 Å². The van der Waals surface area contributed by atoms with Gasteiger partial charge in [-0.1, -0.05) is 41.9 Å². The molecule has 4 N–H and O–H groups in total. The zero-order valence-electron chi connectivity index (χ0n) is 10.5. The highest BCUT2D eigenvalue weighted by molar-refractivity contribution is 9.10. The fourth-order valence-electron chi connectivity index (χ4n) is 1.20. The highest BCUT2D eigenvalue weighted by Gasteiger charge is 2.22. The monoisotopic (exact) mass is 313 g/mol. The molecule has 0 bridgehead atoms. The van der Waals surface area contributed by atoms with Gasteiger partial charge in [-0.05, 0) is 18.2 Å². The number of hydrogen-bond acceptors (Lipinski definition) is 3. The minimum absolute atomic E-state index is 0.0551. The Kier molecular flexibility index (Phi) is 4.34. The molecule has 0 heterocycles. The number of hydrogen-bond donors (Lipinski definition) is 3. The van der Waals surface area contributed by atoms with Gasteiger partial charge in [-0.15, -0.1) is 0 Å². The molecule has 1 amide bonds. The van der Waals surface area contributed by atoms with Crippen molar-refractivity contribution in [2.75, 3.05) is 5.32 Å². The Labute approximate surface area is 114 Å². The van der Waals surface area contributed by atoms with E-state index in [2.05, 4.69) is 26.4 Å². The van der Waals surface area contributed by atoms with Crippen LogP contribution in [-0.4, -0.2) is 17.0 Å². The Morgan fingerprint density at radius 2 is 2.06 bits per heavy atom. The second-order valence-corrected chi connectivity index (χ2v) is 5.79. The van der Waals surface area contributed by atoms with Crippen molar-refractivity contribution < 1.29 is 10.0 Å². The minimum atomic E-state index is -0.518. The van der Waals surface area contributed by atoms with Crippen LogP contribution in [0.15, 0.2) is 27.8 Å². The SMILES string of the molecule is CC(C)(C)C(=O)Nc1ccc(Br)cc1/C(N)=N/O. The van der Waals surface area contributed by atoms with Gasteiger partial charge in [-0.2, -0.15) is 0 Å². The predicted molar refractivity (Wildman–Crippen MR) is 74.7 cm³/mol. The molecule has 0 saturated heterocycles. The summed E-state index contributed by atoms with van der Waals surface area (Å²) in [6.07, 6.45) is 0. The zero-order valence-corrected chi connectivity index (χ0v) is 12.1. The van der Waals surface area contributed by atoms with Crippen molar-refractivity contribution in [3.63, 3.8) is 0 Å². The average molecular weight is 314 g/mol. The summed E-state index contributed by atoms with van der Waals surface area (Å²) in [5.41, 5.74) is 6.03. The second kappa shape index (κ2) is 5.39. The number of amides is 1. The van der Waals surface area contributed by atoms with Gasteiger partial charge in [0.05, 0.1) is 5.69 Å². The number of anilines is 1. The number of carbonyl (C=O) groups is 1. The standard InChI is InChI=1S/C12H16BrN3O2/c1-12(2,3)11(17)15-9-5-4-7(13)6-8(9)10(14)16-18/h4-6,18H,1-3H3,(H2,14,16)(H,15,17). The fourth-order valence-corrected chi connectivity index (χ4v) is 1.56. The Morgan fingerprint density at radius 3 is 2.56 bits per heavy atom. The van der Waals surface area contributed by atoms with E-state index in [4.69, 9.17) is 10.9 Å². The molecular weight excluding hydrogens is 298 g/mol. The first-order valence-corrected chi connectivity index (χ1v) is 6.14. The summed E-state index contributed by atoms with van der Waals surface area (Å²) in [6.45, 7) is 5.43. The van der Waals surface area contributed by atoms with Gasteiger partial charge in [0, 0.05) is 15.5 Å². The van der Waals surface area contributed by atoms with E-state index in [-0.39, 0.29) is 11.7 Å².